The third-order valence-corrected chi connectivity index (χ3v) is 4.42. The molecule has 0 bridgehead atoms. The lowest BCUT2D eigenvalue weighted by Crippen LogP contribution is -2.54. The molecule has 1 fully saturated rings. The van der Waals surface area contributed by atoms with Crippen LogP contribution in [0.25, 0.3) is 0 Å². The second-order valence-electron chi connectivity index (χ2n) is 5.63. The number of ketones is 1. The summed E-state index contributed by atoms with van der Waals surface area (Å²) in [7, 11) is -3.29. The monoisotopic (exact) mass is 377 g/mol. The van der Waals surface area contributed by atoms with Crippen molar-refractivity contribution in [3.05, 3.63) is 29.8 Å². The van der Waals surface area contributed by atoms with Crippen LogP contribution in [0.4, 0.5) is 0 Å². The van der Waals surface area contributed by atoms with Crippen LogP contribution in [-0.4, -0.2) is 62.6 Å². The largest absolute Gasteiger partial charge is 0.397 e. The molecule has 1 aliphatic rings. The third kappa shape index (κ3) is 6.50. The second-order valence-corrected chi connectivity index (χ2v) is 7.33. The minimum Gasteiger partial charge on any atom is -0.379 e. The highest BCUT2D eigenvalue weighted by molar-refractivity contribution is 7.80. The number of hydrogen-bond acceptors (Lipinski definition) is 7. The Balaban J connectivity index is 0.000000413. The summed E-state index contributed by atoms with van der Waals surface area (Å²) in [5.41, 5.74) is 0.256. The first-order valence-electron chi connectivity index (χ1n) is 7.27. The summed E-state index contributed by atoms with van der Waals surface area (Å²) in [6.45, 7) is 6.98. The fourth-order valence-corrected chi connectivity index (χ4v) is 2.38. The van der Waals surface area contributed by atoms with Crippen LogP contribution in [-0.2, 0) is 19.3 Å². The van der Waals surface area contributed by atoms with Gasteiger partial charge in [-0.25, -0.2) is 0 Å². The van der Waals surface area contributed by atoms with Crippen molar-refractivity contribution >= 4 is 28.8 Å². The van der Waals surface area contributed by atoms with Crippen molar-refractivity contribution in [3.8, 4) is 0 Å². The molecule has 1 N–H and O–H groups in total. The van der Waals surface area contributed by atoms with Gasteiger partial charge in [-0.05, 0) is 26.0 Å². The van der Waals surface area contributed by atoms with E-state index in [1.807, 2.05) is 38.1 Å². The summed E-state index contributed by atoms with van der Waals surface area (Å²) in [5, 5.41) is 0. The molecule has 0 spiro atoms. The van der Waals surface area contributed by atoms with Gasteiger partial charge in [0.15, 0.2) is 5.78 Å². The number of ether oxygens (including phenoxy) is 1. The van der Waals surface area contributed by atoms with Crippen molar-refractivity contribution in [1.82, 2.24) is 4.90 Å². The SMILES string of the molecule is CC(C)(C(=O)c1ccc(S)cc1)N1CCOCC1.COS(=O)(=O)O. The van der Waals surface area contributed by atoms with E-state index in [9.17, 15) is 13.2 Å². The van der Waals surface area contributed by atoms with Crippen LogP contribution in [0.15, 0.2) is 29.2 Å². The molecule has 0 aromatic heterocycles. The van der Waals surface area contributed by atoms with E-state index in [1.54, 1.807) is 0 Å². The summed E-state index contributed by atoms with van der Waals surface area (Å²) in [4.78, 5) is 15.6. The van der Waals surface area contributed by atoms with E-state index in [4.69, 9.17) is 9.29 Å². The average molecular weight is 377 g/mol. The Morgan fingerprint density at radius 2 is 1.71 bits per heavy atom. The molecule has 1 heterocycles. The van der Waals surface area contributed by atoms with Crippen LogP contribution >= 0.6 is 12.6 Å². The summed E-state index contributed by atoms with van der Waals surface area (Å²) >= 11 is 4.24. The molecule has 1 saturated heterocycles. The molecule has 0 radical (unpaired) electrons. The van der Waals surface area contributed by atoms with E-state index in [1.165, 1.54) is 0 Å². The Kier molecular flexibility index (Phi) is 7.84. The fraction of sp³-hybridized carbons (Fsp3) is 0.533. The molecule has 0 atom stereocenters. The van der Waals surface area contributed by atoms with Crippen molar-refractivity contribution in [2.24, 2.45) is 0 Å². The van der Waals surface area contributed by atoms with E-state index in [-0.39, 0.29) is 5.78 Å². The molecule has 0 unspecified atom stereocenters. The summed E-state index contributed by atoms with van der Waals surface area (Å²) in [6, 6.07) is 7.39. The maximum absolute atomic E-state index is 12.6. The zero-order chi connectivity index (χ0) is 18.4. The van der Waals surface area contributed by atoms with Crippen LogP contribution in [0.5, 0.6) is 0 Å². The lowest BCUT2D eigenvalue weighted by Gasteiger charge is -2.39. The Morgan fingerprint density at radius 1 is 1.25 bits per heavy atom. The van der Waals surface area contributed by atoms with Crippen molar-refractivity contribution in [3.63, 3.8) is 0 Å². The highest BCUT2D eigenvalue weighted by atomic mass is 32.3. The van der Waals surface area contributed by atoms with Crippen molar-refractivity contribution in [2.75, 3.05) is 33.4 Å². The first-order chi connectivity index (χ1) is 11.1. The average Bonchev–Trinajstić information content (AvgIpc) is 2.55. The number of thiol groups is 1. The molecule has 0 amide bonds. The van der Waals surface area contributed by atoms with Gasteiger partial charge in [-0.1, -0.05) is 12.1 Å². The molecule has 1 aromatic rings. The molecule has 7 nitrogen and oxygen atoms in total. The minimum atomic E-state index is -4.16. The molecule has 1 aliphatic heterocycles. The smallest absolute Gasteiger partial charge is 0.379 e. The molecule has 136 valence electrons. The van der Waals surface area contributed by atoms with Gasteiger partial charge in [0.05, 0.1) is 25.9 Å². The van der Waals surface area contributed by atoms with Crippen molar-refractivity contribution in [1.29, 1.82) is 0 Å². The van der Waals surface area contributed by atoms with Gasteiger partial charge in [0.2, 0.25) is 0 Å². The molecule has 9 heteroatoms. The maximum atomic E-state index is 12.6. The first kappa shape index (κ1) is 21.1. The van der Waals surface area contributed by atoms with Crippen molar-refractivity contribution < 1.29 is 26.7 Å². The van der Waals surface area contributed by atoms with Gasteiger partial charge >= 0.3 is 10.4 Å². The number of benzene rings is 1. The molecule has 0 saturated carbocycles. The van der Waals surface area contributed by atoms with Gasteiger partial charge in [-0.15, -0.1) is 12.6 Å². The Bertz CT molecular complexity index is 636. The van der Waals surface area contributed by atoms with Crippen LogP contribution in [0.2, 0.25) is 0 Å². The van der Waals surface area contributed by atoms with Gasteiger partial charge < -0.3 is 4.74 Å². The first-order valence-corrected chi connectivity index (χ1v) is 9.09. The molecule has 2 rings (SSSR count). The number of carbonyl (C=O) groups excluding carboxylic acids is 1. The highest BCUT2D eigenvalue weighted by Gasteiger charge is 2.35. The normalized spacial score (nSPS) is 16.2. The highest BCUT2D eigenvalue weighted by Crippen LogP contribution is 2.22. The third-order valence-electron chi connectivity index (χ3n) is 3.70. The molecule has 24 heavy (non-hydrogen) atoms. The Hall–Kier alpha value is -0.970. The molecule has 0 aliphatic carbocycles. The summed E-state index contributed by atoms with van der Waals surface area (Å²) in [6.07, 6.45) is 0. The zero-order valence-corrected chi connectivity index (χ0v) is 15.6. The topological polar surface area (TPSA) is 93.1 Å². The molecule has 1 aromatic carbocycles. The number of hydrogen-bond donors (Lipinski definition) is 2. The number of rotatable bonds is 4. The lowest BCUT2D eigenvalue weighted by molar-refractivity contribution is -0.00430. The van der Waals surface area contributed by atoms with E-state index in [0.717, 1.165) is 30.7 Å². The van der Waals surface area contributed by atoms with Crippen molar-refractivity contribution in [2.45, 2.75) is 24.3 Å². The predicted molar refractivity (Wildman–Crippen MR) is 93.1 cm³/mol. The van der Waals surface area contributed by atoms with E-state index in [2.05, 4.69) is 21.7 Å². The predicted octanol–water partition coefficient (Wildman–Crippen LogP) is 1.70. The van der Waals surface area contributed by atoms with Gasteiger partial charge in [0.1, 0.15) is 0 Å². The minimum absolute atomic E-state index is 0.151. The van der Waals surface area contributed by atoms with Gasteiger partial charge in [-0.3, -0.25) is 18.4 Å². The fourth-order valence-electron chi connectivity index (χ4n) is 2.23. The number of morpholine rings is 1. The van der Waals surface area contributed by atoms with Gasteiger partial charge in [-0.2, -0.15) is 8.42 Å². The summed E-state index contributed by atoms with van der Waals surface area (Å²) in [5.74, 6) is 0.151. The number of nitrogens with zero attached hydrogens (tertiary/aromatic N) is 1. The van der Waals surface area contributed by atoms with Crippen LogP contribution in [0, 0.1) is 0 Å². The second kappa shape index (κ2) is 8.93. The van der Waals surface area contributed by atoms with Crippen LogP contribution in [0.3, 0.4) is 0 Å². The van der Waals surface area contributed by atoms with Gasteiger partial charge in [0.25, 0.3) is 0 Å². The Labute approximate surface area is 148 Å². The van der Waals surface area contributed by atoms with E-state index >= 15 is 0 Å². The van der Waals surface area contributed by atoms with Gasteiger partial charge in [0, 0.05) is 23.5 Å². The van der Waals surface area contributed by atoms with E-state index in [0.29, 0.717) is 13.2 Å². The lowest BCUT2D eigenvalue weighted by atomic mass is 9.91. The summed E-state index contributed by atoms with van der Waals surface area (Å²) < 4.78 is 35.0. The zero-order valence-electron chi connectivity index (χ0n) is 13.9. The Morgan fingerprint density at radius 3 is 2.12 bits per heavy atom. The number of carbonyl (C=O) groups is 1. The molecular formula is C15H23NO6S2. The quantitative estimate of drug-likeness (QED) is 0.469. The van der Waals surface area contributed by atoms with Crippen LogP contribution in [0.1, 0.15) is 24.2 Å². The number of Topliss-reactive ketones (excluding diaryl/α,β-unsaturated/α-hetero) is 1. The standard InChI is InChI=1S/C14H19NO2S.CH4O4S/c1-14(2,15-7-9-17-10-8-15)13(16)11-3-5-12(18)6-4-11;1-5-6(2,3)4/h3-6,18H,7-10H2,1-2H3;1H3,(H,2,3,4). The maximum Gasteiger partial charge on any atom is 0.397 e. The molecular weight excluding hydrogens is 354 g/mol. The van der Waals surface area contributed by atoms with E-state index < -0.39 is 15.9 Å². The van der Waals surface area contributed by atoms with Crippen LogP contribution < -0.4 is 0 Å².